The molecule has 0 unspecified atom stereocenters. The van der Waals surface area contributed by atoms with Gasteiger partial charge in [-0.05, 0) is 71.1 Å². The second-order valence-corrected chi connectivity index (χ2v) is 9.46. The predicted molar refractivity (Wildman–Crippen MR) is 134 cm³/mol. The quantitative estimate of drug-likeness (QED) is 0.223. The van der Waals surface area contributed by atoms with E-state index in [0.29, 0.717) is 17.2 Å². The fraction of sp³-hybridized carbons (Fsp3) is 0.214. The summed E-state index contributed by atoms with van der Waals surface area (Å²) in [5, 5.41) is 2.05. The standard InChI is InChI=1S/C28H29O4P/c1-3-7-22-11-16-26(17-12-22)30-33(29,31-27-18-13-23(8-4-2)14-19-27)32-28-20-15-24-9-5-6-10-25(24)21-28/h5-6,9-21H,3-4,7-8H2,1-2H3. The van der Waals surface area contributed by atoms with Crippen molar-refractivity contribution in [3.05, 3.63) is 102 Å². The van der Waals surface area contributed by atoms with Gasteiger partial charge in [0.1, 0.15) is 17.2 Å². The van der Waals surface area contributed by atoms with Crippen LogP contribution in [0.15, 0.2) is 91.0 Å². The minimum Gasteiger partial charge on any atom is -0.386 e. The third-order valence-corrected chi connectivity index (χ3v) is 6.60. The van der Waals surface area contributed by atoms with Crippen molar-refractivity contribution in [2.75, 3.05) is 0 Å². The highest BCUT2D eigenvalue weighted by Gasteiger charge is 2.33. The maximum atomic E-state index is 13.8. The third kappa shape index (κ3) is 6.18. The first kappa shape index (κ1) is 22.9. The van der Waals surface area contributed by atoms with E-state index in [2.05, 4.69) is 13.8 Å². The van der Waals surface area contributed by atoms with Gasteiger partial charge in [0.15, 0.2) is 0 Å². The van der Waals surface area contributed by atoms with Crippen LogP contribution in [-0.2, 0) is 17.4 Å². The molecule has 5 heteroatoms. The number of phosphoric acid groups is 1. The van der Waals surface area contributed by atoms with Crippen molar-refractivity contribution in [1.82, 2.24) is 0 Å². The highest BCUT2D eigenvalue weighted by Crippen LogP contribution is 2.50. The molecule has 0 aromatic heterocycles. The number of phosphoric ester groups is 1. The second-order valence-electron chi connectivity index (χ2n) is 8.02. The number of hydrogen-bond donors (Lipinski definition) is 0. The van der Waals surface area contributed by atoms with Crippen LogP contribution >= 0.6 is 7.82 Å². The zero-order valence-corrected chi connectivity index (χ0v) is 20.0. The largest absolute Gasteiger partial charge is 0.647 e. The van der Waals surface area contributed by atoms with Crippen molar-refractivity contribution in [3.8, 4) is 17.2 Å². The summed E-state index contributed by atoms with van der Waals surface area (Å²) in [7, 11) is -4.02. The molecular weight excluding hydrogens is 431 g/mol. The Balaban J connectivity index is 1.61. The van der Waals surface area contributed by atoms with Crippen LogP contribution in [0.1, 0.15) is 37.8 Å². The van der Waals surface area contributed by atoms with E-state index in [1.54, 1.807) is 30.3 Å². The van der Waals surface area contributed by atoms with Gasteiger partial charge in [0, 0.05) is 0 Å². The monoisotopic (exact) mass is 460 g/mol. The van der Waals surface area contributed by atoms with Crippen LogP contribution in [0, 0.1) is 0 Å². The summed E-state index contributed by atoms with van der Waals surface area (Å²) in [6, 6.07) is 28.5. The molecule has 0 N–H and O–H groups in total. The van der Waals surface area contributed by atoms with Crippen molar-refractivity contribution in [1.29, 1.82) is 0 Å². The summed E-state index contributed by atoms with van der Waals surface area (Å²) < 4.78 is 31.4. The second kappa shape index (κ2) is 10.6. The van der Waals surface area contributed by atoms with E-state index in [4.69, 9.17) is 13.6 Å². The third-order valence-electron chi connectivity index (χ3n) is 5.30. The Hall–Kier alpha value is -3.23. The lowest BCUT2D eigenvalue weighted by molar-refractivity contribution is 0.298. The van der Waals surface area contributed by atoms with Gasteiger partial charge in [-0.1, -0.05) is 81.3 Å². The van der Waals surface area contributed by atoms with E-state index in [1.165, 1.54) is 11.1 Å². The fourth-order valence-corrected chi connectivity index (χ4v) is 4.92. The van der Waals surface area contributed by atoms with Gasteiger partial charge in [-0.3, -0.25) is 0 Å². The van der Waals surface area contributed by atoms with Gasteiger partial charge < -0.3 is 13.6 Å². The molecule has 0 aliphatic heterocycles. The van der Waals surface area contributed by atoms with Crippen LogP contribution in [0.3, 0.4) is 0 Å². The van der Waals surface area contributed by atoms with Gasteiger partial charge in [-0.15, -0.1) is 0 Å². The highest BCUT2D eigenvalue weighted by molar-refractivity contribution is 7.49. The van der Waals surface area contributed by atoms with Crippen molar-refractivity contribution in [2.45, 2.75) is 39.5 Å². The number of rotatable bonds is 10. The molecule has 0 bridgehead atoms. The predicted octanol–water partition coefficient (Wildman–Crippen LogP) is 8.39. The summed E-state index contributed by atoms with van der Waals surface area (Å²) in [6.07, 6.45) is 4.07. The van der Waals surface area contributed by atoms with Gasteiger partial charge in [0.2, 0.25) is 0 Å². The van der Waals surface area contributed by atoms with E-state index in [1.807, 2.05) is 60.7 Å². The van der Waals surface area contributed by atoms with E-state index >= 15 is 0 Å². The van der Waals surface area contributed by atoms with Crippen LogP contribution in [0.25, 0.3) is 10.8 Å². The first-order valence-electron chi connectivity index (χ1n) is 11.4. The Bertz CT molecular complexity index is 1180. The molecule has 4 aromatic rings. The van der Waals surface area contributed by atoms with Crippen LogP contribution in [0.5, 0.6) is 17.2 Å². The Morgan fingerprint density at radius 2 is 1.03 bits per heavy atom. The maximum Gasteiger partial charge on any atom is 0.647 e. The summed E-state index contributed by atoms with van der Waals surface area (Å²) >= 11 is 0. The zero-order chi connectivity index (χ0) is 23.1. The molecule has 0 spiro atoms. The van der Waals surface area contributed by atoms with Crippen molar-refractivity contribution in [2.24, 2.45) is 0 Å². The molecule has 0 fully saturated rings. The summed E-state index contributed by atoms with van der Waals surface area (Å²) in [6.45, 7) is 4.27. The van der Waals surface area contributed by atoms with Gasteiger partial charge in [0.25, 0.3) is 0 Å². The lowest BCUT2D eigenvalue weighted by atomic mass is 10.1. The Morgan fingerprint density at radius 3 is 1.55 bits per heavy atom. The van der Waals surface area contributed by atoms with Gasteiger partial charge in [0.05, 0.1) is 0 Å². The van der Waals surface area contributed by atoms with Gasteiger partial charge in [-0.2, -0.15) is 4.57 Å². The zero-order valence-electron chi connectivity index (χ0n) is 19.1. The van der Waals surface area contributed by atoms with Gasteiger partial charge in [-0.25, -0.2) is 0 Å². The number of hydrogen-bond acceptors (Lipinski definition) is 4. The molecule has 4 rings (SSSR count). The molecule has 4 aromatic carbocycles. The number of aryl methyl sites for hydroxylation is 2. The summed E-state index contributed by atoms with van der Waals surface area (Å²) in [5.41, 5.74) is 2.39. The summed E-state index contributed by atoms with van der Waals surface area (Å²) in [4.78, 5) is 0. The molecule has 0 aliphatic carbocycles. The first-order valence-corrected chi connectivity index (χ1v) is 12.9. The SMILES string of the molecule is CCCc1ccc(OP(=O)(Oc2ccc(CCC)cc2)Oc2ccc3ccccc3c2)cc1. The Kier molecular flexibility index (Phi) is 7.36. The molecule has 0 saturated carbocycles. The molecule has 0 amide bonds. The molecular formula is C28H29O4P. The molecule has 0 atom stereocenters. The molecule has 0 heterocycles. The average Bonchev–Trinajstić information content (AvgIpc) is 2.82. The minimum absolute atomic E-state index is 0.419. The maximum absolute atomic E-state index is 13.8. The van der Waals surface area contributed by atoms with Crippen LogP contribution in [0.4, 0.5) is 0 Å². The van der Waals surface area contributed by atoms with E-state index in [-0.39, 0.29) is 0 Å². The highest BCUT2D eigenvalue weighted by atomic mass is 31.2. The van der Waals surface area contributed by atoms with Crippen LogP contribution < -0.4 is 13.6 Å². The minimum atomic E-state index is -4.02. The fourth-order valence-electron chi connectivity index (χ4n) is 3.68. The Labute approximate surface area is 195 Å². The van der Waals surface area contributed by atoms with Crippen molar-refractivity contribution >= 4 is 18.6 Å². The normalized spacial score (nSPS) is 11.3. The topological polar surface area (TPSA) is 44.8 Å². The smallest absolute Gasteiger partial charge is 0.386 e. The van der Waals surface area contributed by atoms with E-state index < -0.39 is 7.82 Å². The molecule has 170 valence electrons. The summed E-state index contributed by atoms with van der Waals surface area (Å²) in [5.74, 6) is 1.28. The van der Waals surface area contributed by atoms with E-state index in [0.717, 1.165) is 36.5 Å². The molecule has 4 nitrogen and oxygen atoms in total. The van der Waals surface area contributed by atoms with Crippen molar-refractivity contribution < 1.29 is 18.1 Å². The lowest BCUT2D eigenvalue weighted by Crippen LogP contribution is -2.07. The lowest BCUT2D eigenvalue weighted by Gasteiger charge is -2.20. The molecule has 0 aliphatic rings. The van der Waals surface area contributed by atoms with Crippen LogP contribution in [-0.4, -0.2) is 0 Å². The van der Waals surface area contributed by atoms with Crippen LogP contribution in [0.2, 0.25) is 0 Å². The Morgan fingerprint density at radius 1 is 0.576 bits per heavy atom. The molecule has 0 radical (unpaired) electrons. The molecule has 33 heavy (non-hydrogen) atoms. The van der Waals surface area contributed by atoms with E-state index in [9.17, 15) is 4.57 Å². The van der Waals surface area contributed by atoms with Crippen molar-refractivity contribution in [3.63, 3.8) is 0 Å². The first-order chi connectivity index (χ1) is 16.1. The van der Waals surface area contributed by atoms with Gasteiger partial charge >= 0.3 is 7.82 Å². The molecule has 0 saturated heterocycles. The average molecular weight is 461 g/mol. The number of fused-ring (bicyclic) bond motifs is 1. The number of benzene rings is 4.